The fourth-order valence-electron chi connectivity index (χ4n) is 2.95. The number of carbonyl (C=O) groups excluding carboxylic acids is 1. The van der Waals surface area contributed by atoms with E-state index in [1.165, 1.54) is 24.5 Å². The standard InChI is InChI=1S/C20H19N3O4S/c1-3-27-19(24)9-6-15-13-22-18(12-21)20-17(15)10-11-23(20)28(25,26)16-7-4-14(2)5-8-16/h4-5,7-8,10-11,13H,3,6,9H2,1-2H3. The molecule has 7 nitrogen and oxygen atoms in total. The van der Waals surface area contributed by atoms with Crippen molar-refractivity contribution < 1.29 is 17.9 Å². The third-order valence-corrected chi connectivity index (χ3v) is 6.05. The molecule has 8 heteroatoms. The maximum atomic E-state index is 13.1. The Balaban J connectivity index is 2.10. The predicted octanol–water partition coefficient (Wildman–Crippen LogP) is 2.95. The number of rotatable bonds is 6. The average molecular weight is 397 g/mol. The van der Waals surface area contributed by atoms with Gasteiger partial charge >= 0.3 is 5.97 Å². The van der Waals surface area contributed by atoms with Crippen LogP contribution in [0, 0.1) is 18.3 Å². The van der Waals surface area contributed by atoms with Crippen molar-refractivity contribution in [1.82, 2.24) is 8.96 Å². The molecule has 2 aromatic heterocycles. The Morgan fingerprint density at radius 1 is 1.25 bits per heavy atom. The molecule has 0 aliphatic rings. The van der Waals surface area contributed by atoms with E-state index in [4.69, 9.17) is 4.74 Å². The van der Waals surface area contributed by atoms with Gasteiger partial charge in [-0.1, -0.05) is 17.7 Å². The zero-order chi connectivity index (χ0) is 20.3. The third-order valence-electron chi connectivity index (χ3n) is 4.36. The molecule has 0 amide bonds. The fourth-order valence-corrected chi connectivity index (χ4v) is 4.31. The molecule has 0 N–H and O–H groups in total. The van der Waals surface area contributed by atoms with E-state index < -0.39 is 10.0 Å². The molecule has 0 radical (unpaired) electrons. The van der Waals surface area contributed by atoms with E-state index >= 15 is 0 Å². The third kappa shape index (κ3) is 3.62. The molecule has 0 spiro atoms. The van der Waals surface area contributed by atoms with Gasteiger partial charge in [-0.05, 0) is 44.0 Å². The quantitative estimate of drug-likeness (QED) is 0.593. The van der Waals surface area contributed by atoms with Gasteiger partial charge in [0.2, 0.25) is 0 Å². The average Bonchev–Trinajstić information content (AvgIpc) is 3.13. The first-order chi connectivity index (χ1) is 13.4. The Hall–Kier alpha value is -3.18. The summed E-state index contributed by atoms with van der Waals surface area (Å²) in [5.41, 5.74) is 1.84. The first-order valence-corrected chi connectivity index (χ1v) is 10.2. The monoisotopic (exact) mass is 397 g/mol. The summed E-state index contributed by atoms with van der Waals surface area (Å²) in [5, 5.41) is 10.0. The minimum absolute atomic E-state index is 0.00979. The highest BCUT2D eigenvalue weighted by atomic mass is 32.2. The van der Waals surface area contributed by atoms with Gasteiger partial charge in [-0.25, -0.2) is 17.4 Å². The fraction of sp³-hybridized carbons (Fsp3) is 0.250. The predicted molar refractivity (Wildman–Crippen MR) is 103 cm³/mol. The van der Waals surface area contributed by atoms with Crippen molar-refractivity contribution >= 4 is 26.9 Å². The van der Waals surface area contributed by atoms with E-state index in [1.54, 1.807) is 25.1 Å². The summed E-state index contributed by atoms with van der Waals surface area (Å²) in [4.78, 5) is 15.9. The van der Waals surface area contributed by atoms with Gasteiger partial charge in [0.1, 0.15) is 11.6 Å². The number of benzene rings is 1. The van der Waals surface area contributed by atoms with Gasteiger partial charge in [0.05, 0.1) is 11.5 Å². The van der Waals surface area contributed by atoms with Gasteiger partial charge in [-0.2, -0.15) is 5.26 Å². The smallest absolute Gasteiger partial charge is 0.306 e. The molecule has 0 atom stereocenters. The zero-order valence-corrected chi connectivity index (χ0v) is 16.4. The number of aryl methyl sites for hydroxylation is 2. The Kier molecular flexibility index (Phi) is 5.47. The van der Waals surface area contributed by atoms with Crippen LogP contribution in [0.5, 0.6) is 0 Å². The molecule has 28 heavy (non-hydrogen) atoms. The van der Waals surface area contributed by atoms with Crippen LogP contribution < -0.4 is 0 Å². The highest BCUT2D eigenvalue weighted by Gasteiger charge is 2.22. The van der Waals surface area contributed by atoms with Gasteiger partial charge < -0.3 is 4.74 Å². The summed E-state index contributed by atoms with van der Waals surface area (Å²) < 4.78 is 32.2. The van der Waals surface area contributed by atoms with E-state index in [9.17, 15) is 18.5 Å². The lowest BCUT2D eigenvalue weighted by molar-refractivity contribution is -0.143. The molecule has 1 aromatic carbocycles. The van der Waals surface area contributed by atoms with Crippen molar-refractivity contribution in [3.8, 4) is 6.07 Å². The summed E-state index contributed by atoms with van der Waals surface area (Å²) in [5.74, 6) is -0.341. The minimum atomic E-state index is -3.89. The summed E-state index contributed by atoms with van der Waals surface area (Å²) in [6, 6.07) is 10.1. The largest absolute Gasteiger partial charge is 0.466 e. The van der Waals surface area contributed by atoms with Crippen molar-refractivity contribution in [2.75, 3.05) is 6.61 Å². The molecule has 144 valence electrons. The molecule has 3 aromatic rings. The van der Waals surface area contributed by atoms with Crippen LogP contribution in [0.2, 0.25) is 0 Å². The molecule has 0 aliphatic heterocycles. The number of carbonyl (C=O) groups is 1. The lowest BCUT2D eigenvalue weighted by Gasteiger charge is -2.10. The normalized spacial score (nSPS) is 11.3. The number of nitriles is 1. The number of aromatic nitrogens is 2. The van der Waals surface area contributed by atoms with Crippen LogP contribution in [-0.4, -0.2) is 30.0 Å². The van der Waals surface area contributed by atoms with Crippen LogP contribution >= 0.6 is 0 Å². The van der Waals surface area contributed by atoms with Crippen molar-refractivity contribution in [1.29, 1.82) is 5.26 Å². The molecule has 3 rings (SSSR count). The van der Waals surface area contributed by atoms with Gasteiger partial charge in [0, 0.05) is 24.2 Å². The highest BCUT2D eigenvalue weighted by Crippen LogP contribution is 2.27. The second kappa shape index (κ2) is 7.82. The van der Waals surface area contributed by atoms with E-state index in [-0.39, 0.29) is 28.5 Å². The van der Waals surface area contributed by atoms with Crippen molar-refractivity contribution in [3.63, 3.8) is 0 Å². The van der Waals surface area contributed by atoms with E-state index in [0.717, 1.165) is 9.54 Å². The van der Waals surface area contributed by atoms with Crippen LogP contribution in [0.3, 0.4) is 0 Å². The van der Waals surface area contributed by atoms with Gasteiger partial charge in [-0.15, -0.1) is 0 Å². The molecule has 0 fully saturated rings. The molecular weight excluding hydrogens is 378 g/mol. The van der Waals surface area contributed by atoms with Gasteiger partial charge in [0.15, 0.2) is 5.69 Å². The van der Waals surface area contributed by atoms with Crippen LogP contribution in [0.15, 0.2) is 47.6 Å². The molecule has 2 heterocycles. The van der Waals surface area contributed by atoms with Crippen molar-refractivity contribution in [3.05, 3.63) is 59.5 Å². The van der Waals surface area contributed by atoms with E-state index in [0.29, 0.717) is 24.0 Å². The number of nitrogens with zero attached hydrogens (tertiary/aromatic N) is 3. The molecule has 0 aliphatic carbocycles. The van der Waals surface area contributed by atoms with Gasteiger partial charge in [0.25, 0.3) is 10.0 Å². The molecule has 0 unspecified atom stereocenters. The molecule has 0 saturated carbocycles. The molecule has 0 saturated heterocycles. The second-order valence-electron chi connectivity index (χ2n) is 6.24. The summed E-state index contributed by atoms with van der Waals surface area (Å²) in [6.45, 7) is 3.90. The number of esters is 1. The van der Waals surface area contributed by atoms with E-state index in [2.05, 4.69) is 4.98 Å². The molecular formula is C20H19N3O4S. The minimum Gasteiger partial charge on any atom is -0.466 e. The number of pyridine rings is 1. The Bertz CT molecular complexity index is 1170. The maximum Gasteiger partial charge on any atom is 0.306 e. The lowest BCUT2D eigenvalue weighted by atomic mass is 10.1. The number of ether oxygens (including phenoxy) is 1. The maximum absolute atomic E-state index is 13.1. The Labute approximate surface area is 163 Å². The Morgan fingerprint density at radius 3 is 2.61 bits per heavy atom. The SMILES string of the molecule is CCOC(=O)CCc1cnc(C#N)c2c1ccn2S(=O)(=O)c1ccc(C)cc1. The van der Waals surface area contributed by atoms with Gasteiger partial charge in [-0.3, -0.25) is 4.79 Å². The second-order valence-corrected chi connectivity index (χ2v) is 8.06. The summed E-state index contributed by atoms with van der Waals surface area (Å²) in [7, 11) is -3.89. The number of hydrogen-bond acceptors (Lipinski definition) is 6. The van der Waals surface area contributed by atoms with E-state index in [1.807, 2.05) is 13.0 Å². The van der Waals surface area contributed by atoms with Crippen LogP contribution in [0.1, 0.15) is 30.2 Å². The first kappa shape index (κ1) is 19.6. The van der Waals surface area contributed by atoms with Crippen LogP contribution in [-0.2, 0) is 26.0 Å². The number of fused-ring (bicyclic) bond motifs is 1. The van der Waals surface area contributed by atoms with Crippen LogP contribution in [0.4, 0.5) is 0 Å². The highest BCUT2D eigenvalue weighted by molar-refractivity contribution is 7.90. The molecule has 0 bridgehead atoms. The Morgan fingerprint density at radius 2 is 1.96 bits per heavy atom. The zero-order valence-electron chi connectivity index (χ0n) is 15.5. The topological polar surface area (TPSA) is 102 Å². The van der Waals surface area contributed by atoms with Crippen molar-refractivity contribution in [2.45, 2.75) is 31.6 Å². The summed E-state index contributed by atoms with van der Waals surface area (Å²) >= 11 is 0. The number of hydrogen-bond donors (Lipinski definition) is 0. The van der Waals surface area contributed by atoms with Crippen LogP contribution in [0.25, 0.3) is 10.9 Å². The summed E-state index contributed by atoms with van der Waals surface area (Å²) in [6.07, 6.45) is 3.40. The first-order valence-electron chi connectivity index (χ1n) is 8.75. The van der Waals surface area contributed by atoms with Crippen molar-refractivity contribution in [2.24, 2.45) is 0 Å². The lowest BCUT2D eigenvalue weighted by Crippen LogP contribution is -2.13.